The summed E-state index contributed by atoms with van der Waals surface area (Å²) in [6, 6.07) is 10.7. The summed E-state index contributed by atoms with van der Waals surface area (Å²) in [5.41, 5.74) is 2.82. The van der Waals surface area contributed by atoms with Crippen LogP contribution in [-0.4, -0.2) is 35.2 Å². The highest BCUT2D eigenvalue weighted by atomic mass is 16.5. The number of hydrogen-bond donors (Lipinski definition) is 1. The molecule has 4 rings (SSSR count). The summed E-state index contributed by atoms with van der Waals surface area (Å²) in [6.45, 7) is 11.4. The largest absolute Gasteiger partial charge is 0.490 e. The number of ether oxygens (including phenoxy) is 1. The molecular formula is C27H37NO3. The average Bonchev–Trinajstić information content (AvgIpc) is 3.20. The zero-order valence-electron chi connectivity index (χ0n) is 19.5. The number of nitrogens with zero attached hydrogens (tertiary/aromatic N) is 1. The van der Waals surface area contributed by atoms with Crippen LogP contribution in [0.4, 0.5) is 0 Å². The number of rotatable bonds is 5. The van der Waals surface area contributed by atoms with Crippen molar-refractivity contribution >= 4 is 16.7 Å². The summed E-state index contributed by atoms with van der Waals surface area (Å²) in [4.78, 5) is 13.7. The van der Waals surface area contributed by atoms with Crippen LogP contribution in [0.5, 0.6) is 5.75 Å². The monoisotopic (exact) mass is 423 g/mol. The lowest BCUT2D eigenvalue weighted by Gasteiger charge is -2.37. The van der Waals surface area contributed by atoms with Gasteiger partial charge in [-0.25, -0.2) is 0 Å². The van der Waals surface area contributed by atoms with Crippen LogP contribution in [0.1, 0.15) is 64.0 Å². The van der Waals surface area contributed by atoms with Crippen LogP contribution in [0, 0.1) is 24.2 Å². The van der Waals surface area contributed by atoms with Gasteiger partial charge in [0.2, 0.25) is 0 Å². The van der Waals surface area contributed by atoms with E-state index in [2.05, 4.69) is 62.9 Å². The first-order valence-electron chi connectivity index (χ1n) is 11.9. The first-order valence-corrected chi connectivity index (χ1v) is 11.9. The van der Waals surface area contributed by atoms with Crippen LogP contribution in [0.25, 0.3) is 10.8 Å². The number of hydrogen-bond acceptors (Lipinski definition) is 3. The zero-order valence-corrected chi connectivity index (χ0v) is 19.5. The molecule has 1 aliphatic carbocycles. The number of fused-ring (bicyclic) bond motifs is 1. The zero-order chi connectivity index (χ0) is 22.2. The Bertz CT molecular complexity index is 937. The molecule has 0 amide bonds. The molecule has 168 valence electrons. The van der Waals surface area contributed by atoms with Gasteiger partial charge < -0.3 is 9.84 Å². The second kappa shape index (κ2) is 8.82. The summed E-state index contributed by atoms with van der Waals surface area (Å²) in [7, 11) is 0. The second-order valence-corrected chi connectivity index (χ2v) is 10.7. The molecule has 4 nitrogen and oxygen atoms in total. The molecule has 1 aliphatic heterocycles. The normalized spacial score (nSPS) is 25.1. The van der Waals surface area contributed by atoms with Crippen molar-refractivity contribution in [3.8, 4) is 5.75 Å². The molecule has 0 radical (unpaired) electrons. The summed E-state index contributed by atoms with van der Waals surface area (Å²) in [6.07, 6.45) is 5.66. The van der Waals surface area contributed by atoms with E-state index in [0.29, 0.717) is 12.0 Å². The number of aryl methyl sites for hydroxylation is 1. The van der Waals surface area contributed by atoms with E-state index < -0.39 is 5.97 Å². The molecule has 2 aromatic rings. The third-order valence-electron chi connectivity index (χ3n) is 7.52. The van der Waals surface area contributed by atoms with E-state index in [1.165, 1.54) is 34.7 Å². The lowest BCUT2D eigenvalue weighted by atomic mass is 9.72. The molecule has 0 spiro atoms. The minimum Gasteiger partial charge on any atom is -0.490 e. The Kier molecular flexibility index (Phi) is 6.30. The standard InChI is InChI=1S/C27H37NO3/c1-18-15-25(31-21-11-9-20(10-12-21)27(2,3)4)24(23-8-6-5-7-22(18)23)17-28-14-13-19(16-28)26(29)30/h5-8,15,19-21H,9-14,16-17H2,1-4H3,(H,29,30)/t19-,20?,21?/m0/s1. The predicted octanol–water partition coefficient (Wildman–Crippen LogP) is 6.04. The molecule has 1 saturated carbocycles. The minimum absolute atomic E-state index is 0.256. The van der Waals surface area contributed by atoms with Crippen molar-refractivity contribution < 1.29 is 14.6 Å². The van der Waals surface area contributed by atoms with Crippen molar-refractivity contribution in [1.82, 2.24) is 4.90 Å². The average molecular weight is 424 g/mol. The summed E-state index contributed by atoms with van der Waals surface area (Å²) in [5.74, 6) is 0.828. The molecule has 2 aliphatic rings. The van der Waals surface area contributed by atoms with Gasteiger partial charge in [-0.3, -0.25) is 9.69 Å². The maximum absolute atomic E-state index is 11.4. The van der Waals surface area contributed by atoms with E-state index >= 15 is 0 Å². The van der Waals surface area contributed by atoms with Crippen molar-refractivity contribution in [2.75, 3.05) is 13.1 Å². The summed E-state index contributed by atoms with van der Waals surface area (Å²) >= 11 is 0. The van der Waals surface area contributed by atoms with E-state index in [4.69, 9.17) is 4.74 Å². The molecule has 1 N–H and O–H groups in total. The summed E-state index contributed by atoms with van der Waals surface area (Å²) in [5, 5.41) is 11.9. The highest BCUT2D eigenvalue weighted by Crippen LogP contribution is 2.40. The van der Waals surface area contributed by atoms with Gasteiger partial charge in [0, 0.05) is 18.7 Å². The van der Waals surface area contributed by atoms with E-state index in [1.807, 2.05) is 0 Å². The molecule has 0 aromatic heterocycles. The number of carbonyl (C=O) groups is 1. The number of aliphatic carboxylic acids is 1. The molecular weight excluding hydrogens is 386 g/mol. The van der Waals surface area contributed by atoms with Crippen LogP contribution in [0.2, 0.25) is 0 Å². The van der Waals surface area contributed by atoms with Gasteiger partial charge >= 0.3 is 5.97 Å². The van der Waals surface area contributed by atoms with Gasteiger partial charge in [0.15, 0.2) is 0 Å². The molecule has 1 atom stereocenters. The van der Waals surface area contributed by atoms with E-state index in [9.17, 15) is 9.90 Å². The quantitative estimate of drug-likeness (QED) is 0.637. The van der Waals surface area contributed by atoms with Crippen molar-refractivity contribution in [2.24, 2.45) is 17.3 Å². The Labute approximate surface area is 186 Å². The first kappa shape index (κ1) is 22.1. The topological polar surface area (TPSA) is 49.8 Å². The molecule has 0 unspecified atom stereocenters. The van der Waals surface area contributed by atoms with Crippen LogP contribution in [0.3, 0.4) is 0 Å². The third kappa shape index (κ3) is 4.90. The Morgan fingerprint density at radius 2 is 1.77 bits per heavy atom. The highest BCUT2D eigenvalue weighted by molar-refractivity contribution is 5.90. The third-order valence-corrected chi connectivity index (χ3v) is 7.52. The van der Waals surface area contributed by atoms with E-state index in [1.54, 1.807) is 0 Å². The highest BCUT2D eigenvalue weighted by Gasteiger charge is 2.32. The fraction of sp³-hybridized carbons (Fsp3) is 0.593. The van der Waals surface area contributed by atoms with Crippen LogP contribution < -0.4 is 4.74 Å². The van der Waals surface area contributed by atoms with Gasteiger partial charge in [-0.15, -0.1) is 0 Å². The van der Waals surface area contributed by atoms with Crippen LogP contribution in [0.15, 0.2) is 30.3 Å². The van der Waals surface area contributed by atoms with Crippen LogP contribution in [-0.2, 0) is 11.3 Å². The number of likely N-dealkylation sites (tertiary alicyclic amines) is 1. The maximum Gasteiger partial charge on any atom is 0.307 e. The number of carboxylic acids is 1. The van der Waals surface area contributed by atoms with Crippen LogP contribution >= 0.6 is 0 Å². The van der Waals surface area contributed by atoms with Gasteiger partial charge in [0.1, 0.15) is 5.75 Å². The predicted molar refractivity (Wildman–Crippen MR) is 126 cm³/mol. The summed E-state index contributed by atoms with van der Waals surface area (Å²) < 4.78 is 6.68. The lowest BCUT2D eigenvalue weighted by Crippen LogP contribution is -2.31. The molecule has 2 aromatic carbocycles. The second-order valence-electron chi connectivity index (χ2n) is 10.7. The van der Waals surface area contributed by atoms with Crippen molar-refractivity contribution in [1.29, 1.82) is 0 Å². The van der Waals surface area contributed by atoms with E-state index in [0.717, 1.165) is 44.0 Å². The molecule has 0 bridgehead atoms. The van der Waals surface area contributed by atoms with Crippen molar-refractivity contribution in [3.63, 3.8) is 0 Å². The minimum atomic E-state index is -0.677. The smallest absolute Gasteiger partial charge is 0.307 e. The SMILES string of the molecule is Cc1cc(OC2CCC(C(C)(C)C)CC2)c(CN2CC[C@H](C(=O)O)C2)c2ccccc12. The Hall–Kier alpha value is -2.07. The van der Waals surface area contributed by atoms with Gasteiger partial charge in [0.25, 0.3) is 0 Å². The molecule has 4 heteroatoms. The Morgan fingerprint density at radius 1 is 1.10 bits per heavy atom. The number of carboxylic acid groups (broad SMARTS) is 1. The Balaban J connectivity index is 1.58. The van der Waals surface area contributed by atoms with Crippen molar-refractivity contribution in [2.45, 2.75) is 72.4 Å². The lowest BCUT2D eigenvalue weighted by molar-refractivity contribution is -0.141. The van der Waals surface area contributed by atoms with Gasteiger partial charge in [-0.2, -0.15) is 0 Å². The van der Waals surface area contributed by atoms with Gasteiger partial charge in [0.05, 0.1) is 12.0 Å². The molecule has 1 saturated heterocycles. The molecule has 1 heterocycles. The molecule has 31 heavy (non-hydrogen) atoms. The number of benzene rings is 2. The first-order chi connectivity index (χ1) is 14.7. The maximum atomic E-state index is 11.4. The Morgan fingerprint density at radius 3 is 2.39 bits per heavy atom. The van der Waals surface area contributed by atoms with Gasteiger partial charge in [-0.05, 0) is 79.3 Å². The van der Waals surface area contributed by atoms with Crippen molar-refractivity contribution in [3.05, 3.63) is 41.5 Å². The van der Waals surface area contributed by atoms with E-state index in [-0.39, 0.29) is 12.0 Å². The fourth-order valence-corrected chi connectivity index (χ4v) is 5.48. The van der Waals surface area contributed by atoms with Gasteiger partial charge in [-0.1, -0.05) is 45.0 Å². The fourth-order valence-electron chi connectivity index (χ4n) is 5.48. The molecule has 2 fully saturated rings.